The molecule has 0 fully saturated rings. The van der Waals surface area contributed by atoms with Gasteiger partial charge in [-0.25, -0.2) is 0 Å². The zero-order chi connectivity index (χ0) is 16.5. The molecule has 118 valence electrons. The van der Waals surface area contributed by atoms with Gasteiger partial charge < -0.3 is 10.5 Å². The Bertz CT molecular complexity index is 751. The molecule has 1 heterocycles. The first-order valence-corrected chi connectivity index (χ1v) is 6.09. The second-order valence-corrected chi connectivity index (χ2v) is 4.47. The van der Waals surface area contributed by atoms with Crippen molar-refractivity contribution >= 4 is 17.3 Å². The number of rotatable bonds is 4. The summed E-state index contributed by atoms with van der Waals surface area (Å²) < 4.78 is 54.7. The van der Waals surface area contributed by atoms with Crippen LogP contribution < -0.4 is 16.0 Å². The molecule has 0 aliphatic heterocycles. The Morgan fingerprint density at radius 1 is 1.36 bits per heavy atom. The molecule has 22 heavy (non-hydrogen) atoms. The average Bonchev–Trinajstić information content (AvgIpc) is 2.44. The second kappa shape index (κ2) is 5.84. The molecule has 0 saturated carbocycles. The van der Waals surface area contributed by atoms with E-state index in [1.165, 1.54) is 12.1 Å². The molecular weight excluding hydrogens is 330 g/mol. The second-order valence-electron chi connectivity index (χ2n) is 4.09. The number of hydrogen-bond acceptors (Lipinski definition) is 4. The first-order valence-electron chi connectivity index (χ1n) is 5.71. The minimum Gasteiger partial charge on any atom is -0.428 e. The lowest BCUT2D eigenvalue weighted by molar-refractivity contribution is -0.253. The van der Waals surface area contributed by atoms with E-state index in [4.69, 9.17) is 17.3 Å². The molecule has 2 aromatic rings. The van der Waals surface area contributed by atoms with Crippen molar-refractivity contribution in [3.63, 3.8) is 0 Å². The van der Waals surface area contributed by atoms with E-state index in [0.717, 1.165) is 23.0 Å². The van der Waals surface area contributed by atoms with E-state index in [-0.39, 0.29) is 16.4 Å². The third-order valence-corrected chi connectivity index (χ3v) is 2.90. The van der Waals surface area contributed by atoms with Crippen molar-refractivity contribution < 1.29 is 22.3 Å². The number of alkyl halides is 4. The summed E-state index contributed by atoms with van der Waals surface area (Å²) >= 11 is 5.67. The van der Waals surface area contributed by atoms with Crippen molar-refractivity contribution in [2.45, 2.75) is 12.5 Å². The highest BCUT2D eigenvalue weighted by atomic mass is 35.5. The number of nitrogen functional groups attached to an aromatic ring is 1. The Morgan fingerprint density at radius 3 is 2.68 bits per heavy atom. The highest BCUT2D eigenvalue weighted by molar-refractivity contribution is 6.32. The van der Waals surface area contributed by atoms with E-state index in [0.29, 0.717) is 0 Å². The van der Waals surface area contributed by atoms with Gasteiger partial charge in [-0.1, -0.05) is 17.7 Å². The van der Waals surface area contributed by atoms with Crippen molar-refractivity contribution in [2.24, 2.45) is 0 Å². The van der Waals surface area contributed by atoms with Crippen LogP contribution in [0.2, 0.25) is 5.02 Å². The zero-order valence-corrected chi connectivity index (χ0v) is 11.4. The zero-order valence-electron chi connectivity index (χ0n) is 10.6. The standard InChI is InChI=1S/C12H8ClF4N3O2/c13-9-8(18)5-19-20(10(9)21)6-2-1-3-7(4-6)22-12(16,17)11(14)15/h1-5,11H,18H2. The fourth-order valence-electron chi connectivity index (χ4n) is 1.51. The summed E-state index contributed by atoms with van der Waals surface area (Å²) in [5.41, 5.74) is 4.55. The molecule has 0 aliphatic rings. The van der Waals surface area contributed by atoms with Gasteiger partial charge in [0.2, 0.25) is 0 Å². The Kier molecular flexibility index (Phi) is 4.27. The number of nitrogens with zero attached hydrogens (tertiary/aromatic N) is 2. The molecule has 0 radical (unpaired) electrons. The molecule has 1 aromatic carbocycles. The molecule has 0 spiro atoms. The largest absolute Gasteiger partial charge is 0.461 e. The molecule has 1 aromatic heterocycles. The normalized spacial score (nSPS) is 11.7. The lowest BCUT2D eigenvalue weighted by Gasteiger charge is -2.17. The molecule has 2 N–H and O–H groups in total. The SMILES string of the molecule is Nc1cnn(-c2cccc(OC(F)(F)C(F)F)c2)c(=O)c1Cl. The van der Waals surface area contributed by atoms with Gasteiger partial charge >= 0.3 is 12.5 Å². The highest BCUT2D eigenvalue weighted by Gasteiger charge is 2.44. The molecule has 0 amide bonds. The van der Waals surface area contributed by atoms with Gasteiger partial charge in [-0.2, -0.15) is 27.3 Å². The van der Waals surface area contributed by atoms with Gasteiger partial charge in [-0.3, -0.25) is 4.79 Å². The summed E-state index contributed by atoms with van der Waals surface area (Å²) in [4.78, 5) is 11.9. The van der Waals surface area contributed by atoms with Crippen molar-refractivity contribution in [2.75, 3.05) is 5.73 Å². The highest BCUT2D eigenvalue weighted by Crippen LogP contribution is 2.28. The molecule has 0 aliphatic carbocycles. The molecule has 2 rings (SSSR count). The van der Waals surface area contributed by atoms with Crippen LogP contribution >= 0.6 is 11.6 Å². The summed E-state index contributed by atoms with van der Waals surface area (Å²) in [5, 5.41) is 3.38. The molecule has 0 bridgehead atoms. The van der Waals surface area contributed by atoms with Gasteiger partial charge in [0.1, 0.15) is 10.8 Å². The fourth-order valence-corrected chi connectivity index (χ4v) is 1.64. The summed E-state index contributed by atoms with van der Waals surface area (Å²) in [6, 6.07) is 4.53. The predicted octanol–water partition coefficient (Wildman–Crippen LogP) is 2.70. The van der Waals surface area contributed by atoms with Crippen LogP contribution in [0.4, 0.5) is 23.2 Å². The summed E-state index contributed by atoms with van der Waals surface area (Å²) in [5.74, 6) is -0.565. The smallest absolute Gasteiger partial charge is 0.428 e. The lowest BCUT2D eigenvalue weighted by atomic mass is 10.3. The summed E-state index contributed by atoms with van der Waals surface area (Å²) in [6.45, 7) is 0. The number of anilines is 1. The van der Waals surface area contributed by atoms with Crippen LogP contribution in [0.25, 0.3) is 5.69 Å². The molecular formula is C12H8ClF4N3O2. The van der Waals surface area contributed by atoms with Crippen LogP contribution in [0, 0.1) is 0 Å². The quantitative estimate of drug-likeness (QED) is 0.871. The van der Waals surface area contributed by atoms with Gasteiger partial charge in [0.05, 0.1) is 17.6 Å². The minimum atomic E-state index is -4.66. The van der Waals surface area contributed by atoms with E-state index in [9.17, 15) is 22.4 Å². The fraction of sp³-hybridized carbons (Fsp3) is 0.167. The summed E-state index contributed by atoms with van der Waals surface area (Å²) in [7, 11) is 0. The monoisotopic (exact) mass is 337 g/mol. The lowest BCUT2D eigenvalue weighted by Crippen LogP contribution is -2.33. The topological polar surface area (TPSA) is 70.1 Å². The van der Waals surface area contributed by atoms with Gasteiger partial charge in [-0.15, -0.1) is 0 Å². The van der Waals surface area contributed by atoms with Crippen LogP contribution in [0.15, 0.2) is 35.3 Å². The van der Waals surface area contributed by atoms with Gasteiger partial charge in [0.25, 0.3) is 5.56 Å². The Labute approximate surface area is 125 Å². The maximum atomic E-state index is 12.9. The van der Waals surface area contributed by atoms with Crippen molar-refractivity contribution in [3.05, 3.63) is 45.8 Å². The summed E-state index contributed by atoms with van der Waals surface area (Å²) in [6.07, 6.45) is -7.57. The first-order chi connectivity index (χ1) is 10.2. The van der Waals surface area contributed by atoms with Gasteiger partial charge in [-0.05, 0) is 12.1 Å². The van der Waals surface area contributed by atoms with Crippen molar-refractivity contribution in [1.29, 1.82) is 0 Å². The first kappa shape index (κ1) is 16.1. The Morgan fingerprint density at radius 2 is 2.05 bits per heavy atom. The van der Waals surface area contributed by atoms with Crippen LogP contribution in [0.5, 0.6) is 5.75 Å². The Hall–Kier alpha value is -2.29. The number of ether oxygens (including phenoxy) is 1. The maximum absolute atomic E-state index is 12.9. The number of benzene rings is 1. The molecule has 5 nitrogen and oxygen atoms in total. The number of hydrogen-bond donors (Lipinski definition) is 1. The average molecular weight is 338 g/mol. The molecule has 0 saturated heterocycles. The van der Waals surface area contributed by atoms with Crippen LogP contribution in [-0.2, 0) is 0 Å². The van der Waals surface area contributed by atoms with Gasteiger partial charge in [0, 0.05) is 6.07 Å². The molecule has 0 unspecified atom stereocenters. The molecule has 0 atom stereocenters. The minimum absolute atomic E-state index is 0.00512. The maximum Gasteiger partial charge on any atom is 0.461 e. The van der Waals surface area contributed by atoms with Crippen LogP contribution in [-0.4, -0.2) is 22.3 Å². The number of halogens is 5. The number of aromatic nitrogens is 2. The predicted molar refractivity (Wildman–Crippen MR) is 70.8 cm³/mol. The molecule has 10 heteroatoms. The van der Waals surface area contributed by atoms with E-state index in [2.05, 4.69) is 9.84 Å². The Balaban J connectivity index is 2.42. The van der Waals surface area contributed by atoms with E-state index >= 15 is 0 Å². The van der Waals surface area contributed by atoms with Crippen LogP contribution in [0.3, 0.4) is 0 Å². The van der Waals surface area contributed by atoms with E-state index in [1.54, 1.807) is 0 Å². The van der Waals surface area contributed by atoms with Crippen molar-refractivity contribution in [1.82, 2.24) is 9.78 Å². The van der Waals surface area contributed by atoms with E-state index in [1.807, 2.05) is 0 Å². The third-order valence-electron chi connectivity index (χ3n) is 2.52. The van der Waals surface area contributed by atoms with Crippen molar-refractivity contribution in [3.8, 4) is 11.4 Å². The third kappa shape index (κ3) is 3.14. The van der Waals surface area contributed by atoms with Crippen LogP contribution in [0.1, 0.15) is 0 Å². The number of nitrogens with two attached hydrogens (primary N) is 1. The van der Waals surface area contributed by atoms with Gasteiger partial charge in [0.15, 0.2) is 0 Å². The van der Waals surface area contributed by atoms with E-state index < -0.39 is 23.8 Å².